The summed E-state index contributed by atoms with van der Waals surface area (Å²) < 4.78 is 28.5. The average molecular weight is 518 g/mol. The highest BCUT2D eigenvalue weighted by Gasteiger charge is 2.34. The van der Waals surface area contributed by atoms with Gasteiger partial charge in [-0.25, -0.2) is 8.42 Å². The van der Waals surface area contributed by atoms with Crippen molar-refractivity contribution in [2.45, 2.75) is 9.79 Å². The van der Waals surface area contributed by atoms with E-state index in [0.29, 0.717) is 21.2 Å². The highest BCUT2D eigenvalue weighted by molar-refractivity contribution is 7.92. The van der Waals surface area contributed by atoms with Gasteiger partial charge in [-0.2, -0.15) is 0 Å². The molecule has 0 saturated carbocycles. The lowest BCUT2D eigenvalue weighted by Crippen LogP contribution is -2.21. The number of benzene rings is 5. The van der Waals surface area contributed by atoms with E-state index in [-0.39, 0.29) is 5.43 Å². The largest absolute Gasteiger partial charge is 0.308 e. The number of rotatable bonds is 2. The molecule has 6 aromatic rings. The Kier molecular flexibility index (Phi) is 4.83. The van der Waals surface area contributed by atoms with E-state index >= 15 is 0 Å². The minimum absolute atomic E-state index is 0.0468. The Hall–Kier alpha value is -4.26. The molecule has 1 aliphatic rings. The number of fused-ring (bicyclic) bond motifs is 4. The molecule has 5 aromatic carbocycles. The molecular formula is C31H19NO3S2. The zero-order valence-electron chi connectivity index (χ0n) is 19.5. The summed E-state index contributed by atoms with van der Waals surface area (Å²) in [5, 5.41) is 1.46. The normalized spacial score (nSPS) is 13.9. The molecule has 37 heavy (non-hydrogen) atoms. The van der Waals surface area contributed by atoms with Crippen molar-refractivity contribution < 1.29 is 8.42 Å². The van der Waals surface area contributed by atoms with E-state index in [1.54, 1.807) is 35.6 Å². The predicted molar refractivity (Wildman–Crippen MR) is 151 cm³/mol. The van der Waals surface area contributed by atoms with Gasteiger partial charge >= 0.3 is 0 Å². The third-order valence-corrected chi connectivity index (χ3v) is 9.83. The van der Waals surface area contributed by atoms with Crippen LogP contribution in [0.1, 0.15) is 0 Å². The van der Waals surface area contributed by atoms with Gasteiger partial charge in [-0.15, -0.1) is 11.3 Å². The van der Waals surface area contributed by atoms with Gasteiger partial charge in [-0.1, -0.05) is 54.6 Å². The Bertz CT molecular complexity index is 1970. The van der Waals surface area contributed by atoms with Gasteiger partial charge in [0.25, 0.3) is 0 Å². The third kappa shape index (κ3) is 3.34. The topological polar surface area (TPSA) is 54.5 Å². The van der Waals surface area contributed by atoms with Crippen LogP contribution in [0.25, 0.3) is 31.3 Å². The standard InChI is InChI=1S/C31H19NO3S2/c33-31-23-7-1-4-10-27(23)36-28-18-15-21(19-24(28)31)20-13-16-22(17-14-20)32-25-8-2-5-11-29(25)37(34,35)30-12-6-3-9-26(30)32/h1-19H. The van der Waals surface area contributed by atoms with Gasteiger partial charge in [0.1, 0.15) is 0 Å². The minimum Gasteiger partial charge on any atom is -0.308 e. The molecule has 0 saturated heterocycles. The molecule has 0 amide bonds. The maximum absolute atomic E-state index is 13.3. The van der Waals surface area contributed by atoms with Crippen molar-refractivity contribution in [2.75, 3.05) is 4.90 Å². The molecule has 0 aliphatic carbocycles. The fourth-order valence-electron chi connectivity index (χ4n) is 5.05. The second-order valence-corrected chi connectivity index (χ2v) is 11.9. The van der Waals surface area contributed by atoms with E-state index in [0.717, 1.165) is 37.0 Å². The van der Waals surface area contributed by atoms with E-state index in [2.05, 4.69) is 0 Å². The first-order valence-corrected chi connectivity index (χ1v) is 14.1. The Morgan fingerprint density at radius 2 is 1.14 bits per heavy atom. The fraction of sp³-hybridized carbons (Fsp3) is 0. The molecule has 1 aliphatic heterocycles. The summed E-state index contributed by atoms with van der Waals surface area (Å²) in [6, 6.07) is 35.9. The van der Waals surface area contributed by atoms with Crippen molar-refractivity contribution in [1.29, 1.82) is 0 Å². The van der Waals surface area contributed by atoms with Crippen LogP contribution in [-0.2, 0) is 9.84 Å². The lowest BCUT2D eigenvalue weighted by molar-refractivity contribution is 0.595. The molecule has 178 valence electrons. The number of nitrogens with zero attached hydrogens (tertiary/aromatic N) is 1. The van der Waals surface area contributed by atoms with Crippen LogP contribution in [0.5, 0.6) is 0 Å². The van der Waals surface area contributed by atoms with Crippen LogP contribution in [-0.4, -0.2) is 8.42 Å². The highest BCUT2D eigenvalue weighted by Crippen LogP contribution is 2.47. The van der Waals surface area contributed by atoms with Gasteiger partial charge in [0.05, 0.1) is 21.2 Å². The quantitative estimate of drug-likeness (QED) is 0.221. The maximum atomic E-state index is 13.3. The Morgan fingerprint density at radius 3 is 1.84 bits per heavy atom. The number of anilines is 3. The summed E-state index contributed by atoms with van der Waals surface area (Å²) in [7, 11) is -3.60. The van der Waals surface area contributed by atoms with E-state index < -0.39 is 9.84 Å². The summed E-state index contributed by atoms with van der Waals surface area (Å²) in [6.07, 6.45) is 0. The van der Waals surface area contributed by atoms with Crippen molar-refractivity contribution in [2.24, 2.45) is 0 Å². The summed E-state index contributed by atoms with van der Waals surface area (Å²) in [6.45, 7) is 0. The fourth-order valence-corrected chi connectivity index (χ4v) is 7.72. The summed E-state index contributed by atoms with van der Waals surface area (Å²) in [5.41, 5.74) is 4.10. The van der Waals surface area contributed by atoms with Gasteiger partial charge in [-0.05, 0) is 71.8 Å². The Labute approximate surface area is 217 Å². The Morgan fingerprint density at radius 1 is 0.568 bits per heavy atom. The van der Waals surface area contributed by atoms with Crippen LogP contribution in [0.4, 0.5) is 17.1 Å². The van der Waals surface area contributed by atoms with Crippen molar-refractivity contribution in [3.8, 4) is 11.1 Å². The molecular weight excluding hydrogens is 498 g/mol. The van der Waals surface area contributed by atoms with Gasteiger partial charge in [-0.3, -0.25) is 4.79 Å². The molecule has 0 unspecified atom stereocenters. The monoisotopic (exact) mass is 517 g/mol. The van der Waals surface area contributed by atoms with E-state index in [9.17, 15) is 13.2 Å². The van der Waals surface area contributed by atoms with Gasteiger partial charge < -0.3 is 4.90 Å². The molecule has 0 spiro atoms. The molecule has 0 bridgehead atoms. The zero-order chi connectivity index (χ0) is 25.1. The van der Waals surface area contributed by atoms with Crippen molar-refractivity contribution in [3.63, 3.8) is 0 Å². The molecule has 0 radical (unpaired) electrons. The zero-order valence-corrected chi connectivity index (χ0v) is 21.1. The lowest BCUT2D eigenvalue weighted by Gasteiger charge is -2.33. The van der Waals surface area contributed by atoms with E-state index in [4.69, 9.17) is 0 Å². The summed E-state index contributed by atoms with van der Waals surface area (Å²) in [4.78, 5) is 15.7. The van der Waals surface area contributed by atoms with Crippen molar-refractivity contribution in [1.82, 2.24) is 0 Å². The lowest BCUT2D eigenvalue weighted by atomic mass is 10.0. The SMILES string of the molecule is O=c1c2ccccc2sc2ccc(-c3ccc(N4c5ccccc5S(=O)(=O)c5ccccc54)cc3)cc12. The van der Waals surface area contributed by atoms with Crippen LogP contribution in [0, 0.1) is 0 Å². The smallest absolute Gasteiger partial charge is 0.210 e. The van der Waals surface area contributed by atoms with Crippen molar-refractivity contribution >= 4 is 58.4 Å². The number of hydrogen-bond donors (Lipinski definition) is 0. The van der Waals surface area contributed by atoms with Gasteiger partial charge in [0.2, 0.25) is 9.84 Å². The predicted octanol–water partition coefficient (Wildman–Crippen LogP) is 7.70. The van der Waals surface area contributed by atoms with Gasteiger partial charge in [0, 0.05) is 25.9 Å². The second-order valence-electron chi connectivity index (χ2n) is 8.96. The first kappa shape index (κ1) is 22.0. The van der Waals surface area contributed by atoms with Crippen LogP contribution in [0.3, 0.4) is 0 Å². The van der Waals surface area contributed by atoms with Crippen LogP contribution >= 0.6 is 11.3 Å². The number of para-hydroxylation sites is 2. The molecule has 0 atom stereocenters. The first-order chi connectivity index (χ1) is 18.0. The first-order valence-electron chi connectivity index (χ1n) is 11.8. The summed E-state index contributed by atoms with van der Waals surface area (Å²) >= 11 is 1.62. The van der Waals surface area contributed by atoms with E-state index in [1.165, 1.54) is 0 Å². The molecule has 7 rings (SSSR count). The Balaban J connectivity index is 1.35. The van der Waals surface area contributed by atoms with Crippen molar-refractivity contribution in [3.05, 3.63) is 125 Å². The minimum atomic E-state index is -3.60. The molecule has 4 nitrogen and oxygen atoms in total. The molecule has 2 heterocycles. The summed E-state index contributed by atoms with van der Waals surface area (Å²) in [5.74, 6) is 0. The number of sulfone groups is 1. The average Bonchev–Trinajstić information content (AvgIpc) is 2.94. The second kappa shape index (κ2) is 8.13. The van der Waals surface area contributed by atoms with E-state index in [1.807, 2.05) is 95.9 Å². The van der Waals surface area contributed by atoms with Crippen LogP contribution in [0.2, 0.25) is 0 Å². The number of hydrogen-bond acceptors (Lipinski definition) is 5. The third-order valence-electron chi connectivity index (χ3n) is 6.83. The van der Waals surface area contributed by atoms with Crippen LogP contribution < -0.4 is 10.3 Å². The molecule has 6 heteroatoms. The maximum Gasteiger partial charge on any atom is 0.210 e. The molecule has 0 fully saturated rings. The highest BCUT2D eigenvalue weighted by atomic mass is 32.2. The molecule has 0 N–H and O–H groups in total. The molecule has 1 aromatic heterocycles. The van der Waals surface area contributed by atoms with Crippen LogP contribution in [0.15, 0.2) is 130 Å². The van der Waals surface area contributed by atoms with Gasteiger partial charge in [0.15, 0.2) is 5.43 Å².